The lowest BCUT2D eigenvalue weighted by molar-refractivity contribution is -0.158. The monoisotopic (exact) mass is 224 g/mol. The van der Waals surface area contributed by atoms with E-state index >= 15 is 0 Å². The van der Waals surface area contributed by atoms with Gasteiger partial charge in [0.05, 0.1) is 12.6 Å². The van der Waals surface area contributed by atoms with Gasteiger partial charge in [0.15, 0.2) is 0 Å². The molecule has 0 aliphatic carbocycles. The van der Waals surface area contributed by atoms with Crippen molar-refractivity contribution in [3.63, 3.8) is 0 Å². The molecule has 0 aromatic carbocycles. The molecule has 0 aromatic heterocycles. The number of amides is 1. The minimum absolute atomic E-state index is 0.256. The van der Waals surface area contributed by atoms with E-state index in [1.165, 1.54) is 0 Å². The molecule has 0 aromatic rings. The third kappa shape index (κ3) is 3.70. The second-order valence-electron chi connectivity index (χ2n) is 4.13. The molecule has 3 nitrogen and oxygen atoms in total. The van der Waals surface area contributed by atoms with Crippen LogP contribution in [0.4, 0.5) is 13.2 Å². The predicted octanol–water partition coefficient (Wildman–Crippen LogP) is 1.13. The molecule has 15 heavy (non-hydrogen) atoms. The summed E-state index contributed by atoms with van der Waals surface area (Å²) in [6.07, 6.45) is -3.17. The van der Waals surface area contributed by atoms with E-state index in [-0.39, 0.29) is 12.5 Å². The second-order valence-corrected chi connectivity index (χ2v) is 4.13. The summed E-state index contributed by atoms with van der Waals surface area (Å²) in [4.78, 5) is 12.1. The van der Waals surface area contributed by atoms with Crippen molar-refractivity contribution >= 4 is 5.91 Å². The third-order valence-electron chi connectivity index (χ3n) is 2.69. The first-order valence-corrected chi connectivity index (χ1v) is 4.89. The van der Waals surface area contributed by atoms with Crippen LogP contribution >= 0.6 is 0 Å². The zero-order chi connectivity index (χ0) is 11.6. The number of likely N-dealkylation sites (tertiary alicyclic amines) is 1. The predicted molar refractivity (Wildman–Crippen MR) is 49.0 cm³/mol. The summed E-state index contributed by atoms with van der Waals surface area (Å²) in [5, 5.41) is 0. The fourth-order valence-corrected chi connectivity index (χ4v) is 1.91. The van der Waals surface area contributed by atoms with Gasteiger partial charge in [0.2, 0.25) is 5.91 Å². The Bertz CT molecular complexity index is 242. The molecule has 0 radical (unpaired) electrons. The van der Waals surface area contributed by atoms with Crippen molar-refractivity contribution in [3.8, 4) is 0 Å². The van der Waals surface area contributed by atoms with Gasteiger partial charge in [-0.3, -0.25) is 9.69 Å². The van der Waals surface area contributed by atoms with E-state index in [2.05, 4.69) is 0 Å². The van der Waals surface area contributed by atoms with Crippen LogP contribution in [0, 0.1) is 5.92 Å². The van der Waals surface area contributed by atoms with Gasteiger partial charge in [0.25, 0.3) is 0 Å². The van der Waals surface area contributed by atoms with Crippen molar-refractivity contribution in [2.24, 2.45) is 11.7 Å². The highest BCUT2D eigenvalue weighted by Gasteiger charge is 2.38. The minimum atomic E-state index is -4.27. The minimum Gasteiger partial charge on any atom is -0.368 e. The van der Waals surface area contributed by atoms with Crippen molar-refractivity contribution in [2.75, 3.05) is 13.1 Å². The highest BCUT2D eigenvalue weighted by molar-refractivity contribution is 5.80. The van der Waals surface area contributed by atoms with Gasteiger partial charge in [0, 0.05) is 0 Å². The van der Waals surface area contributed by atoms with Gasteiger partial charge < -0.3 is 5.73 Å². The van der Waals surface area contributed by atoms with E-state index in [1.54, 1.807) is 0 Å². The van der Waals surface area contributed by atoms with Crippen molar-refractivity contribution < 1.29 is 18.0 Å². The smallest absolute Gasteiger partial charge is 0.368 e. The molecule has 1 aliphatic heterocycles. The third-order valence-corrected chi connectivity index (χ3v) is 2.69. The van der Waals surface area contributed by atoms with Gasteiger partial charge in [-0.25, -0.2) is 0 Å². The average Bonchev–Trinajstić information content (AvgIpc) is 2.05. The molecule has 1 rings (SSSR count). The lowest BCUT2D eigenvalue weighted by Crippen LogP contribution is -2.52. The van der Waals surface area contributed by atoms with E-state index < -0.39 is 24.7 Å². The normalized spacial score (nSPS) is 29.1. The Hall–Kier alpha value is -0.780. The number of rotatable bonds is 2. The molecule has 0 saturated carbocycles. The number of carbonyl (C=O) groups is 1. The molecule has 1 heterocycles. The van der Waals surface area contributed by atoms with Gasteiger partial charge in [0.1, 0.15) is 0 Å². The van der Waals surface area contributed by atoms with Crippen molar-refractivity contribution in [2.45, 2.75) is 32.0 Å². The molecule has 0 unspecified atom stereocenters. The number of hydrogen-bond acceptors (Lipinski definition) is 2. The van der Waals surface area contributed by atoms with Crippen LogP contribution in [0.15, 0.2) is 0 Å². The largest absolute Gasteiger partial charge is 0.401 e. The zero-order valence-corrected chi connectivity index (χ0v) is 8.55. The molecule has 0 bridgehead atoms. The molecule has 1 fully saturated rings. The van der Waals surface area contributed by atoms with Crippen LogP contribution in [-0.4, -0.2) is 36.1 Å². The van der Waals surface area contributed by atoms with Crippen LogP contribution in [0.3, 0.4) is 0 Å². The number of primary amides is 1. The van der Waals surface area contributed by atoms with Gasteiger partial charge in [-0.1, -0.05) is 6.92 Å². The van der Waals surface area contributed by atoms with Crippen molar-refractivity contribution in [1.82, 2.24) is 4.90 Å². The number of halogens is 3. The summed E-state index contributed by atoms with van der Waals surface area (Å²) in [5.41, 5.74) is 5.09. The summed E-state index contributed by atoms with van der Waals surface area (Å²) >= 11 is 0. The van der Waals surface area contributed by atoms with Crippen LogP contribution in [0.5, 0.6) is 0 Å². The number of carbonyl (C=O) groups excluding carboxylic acids is 1. The molecule has 88 valence electrons. The van der Waals surface area contributed by atoms with E-state index in [0.29, 0.717) is 12.8 Å². The molecule has 2 N–H and O–H groups in total. The summed E-state index contributed by atoms with van der Waals surface area (Å²) in [7, 11) is 0. The van der Waals surface area contributed by atoms with E-state index in [9.17, 15) is 18.0 Å². The molecule has 2 atom stereocenters. The van der Waals surface area contributed by atoms with E-state index in [4.69, 9.17) is 5.73 Å². The summed E-state index contributed by atoms with van der Waals surface area (Å²) in [5.74, 6) is -0.405. The van der Waals surface area contributed by atoms with Gasteiger partial charge in [-0.2, -0.15) is 13.2 Å². The Morgan fingerprint density at radius 1 is 1.53 bits per heavy atom. The molecule has 1 aliphatic rings. The first-order chi connectivity index (χ1) is 6.79. The quantitative estimate of drug-likeness (QED) is 0.764. The number of nitrogens with zero attached hydrogens (tertiary/aromatic N) is 1. The summed E-state index contributed by atoms with van der Waals surface area (Å²) in [6.45, 7) is 1.16. The lowest BCUT2D eigenvalue weighted by Gasteiger charge is -2.36. The molecule has 1 saturated heterocycles. The van der Waals surface area contributed by atoms with Crippen molar-refractivity contribution in [3.05, 3.63) is 0 Å². The van der Waals surface area contributed by atoms with E-state index in [0.717, 1.165) is 4.90 Å². The van der Waals surface area contributed by atoms with Crippen LogP contribution in [0.25, 0.3) is 0 Å². The maximum atomic E-state index is 12.2. The summed E-state index contributed by atoms with van der Waals surface area (Å²) < 4.78 is 36.5. The Balaban J connectivity index is 2.65. The van der Waals surface area contributed by atoms with E-state index in [1.807, 2.05) is 6.92 Å². The highest BCUT2D eigenvalue weighted by Crippen LogP contribution is 2.26. The Kier molecular flexibility index (Phi) is 3.59. The van der Waals surface area contributed by atoms with Gasteiger partial charge >= 0.3 is 6.18 Å². The Morgan fingerprint density at radius 3 is 2.60 bits per heavy atom. The molecule has 0 spiro atoms. The van der Waals surface area contributed by atoms with Crippen LogP contribution in [0.1, 0.15) is 19.8 Å². The van der Waals surface area contributed by atoms with Crippen LogP contribution in [0.2, 0.25) is 0 Å². The standard InChI is InChI=1S/C9H15F3N2O/c1-6-2-3-14(5-9(10,11)12)7(4-6)8(13)15/h6-7H,2-5H2,1H3,(H2,13,15)/t6-,7-/m0/s1. The average molecular weight is 224 g/mol. The first kappa shape index (κ1) is 12.3. The molecular formula is C9H15F3N2O. The summed E-state index contributed by atoms with van der Waals surface area (Å²) in [6, 6.07) is -0.768. The number of alkyl halides is 3. The fourth-order valence-electron chi connectivity index (χ4n) is 1.91. The Labute approximate surface area is 86.4 Å². The SMILES string of the molecule is C[C@H]1CCN(CC(F)(F)F)[C@H](C(N)=O)C1. The number of hydrogen-bond donors (Lipinski definition) is 1. The maximum absolute atomic E-state index is 12.2. The van der Waals surface area contributed by atoms with Gasteiger partial charge in [-0.15, -0.1) is 0 Å². The number of nitrogens with two attached hydrogens (primary N) is 1. The lowest BCUT2D eigenvalue weighted by atomic mass is 9.92. The first-order valence-electron chi connectivity index (χ1n) is 4.89. The highest BCUT2D eigenvalue weighted by atomic mass is 19.4. The molecule has 1 amide bonds. The second kappa shape index (κ2) is 4.38. The van der Waals surface area contributed by atoms with Gasteiger partial charge in [-0.05, 0) is 25.3 Å². The van der Waals surface area contributed by atoms with Crippen molar-refractivity contribution in [1.29, 1.82) is 0 Å². The van der Waals surface area contributed by atoms with Crippen LogP contribution in [-0.2, 0) is 4.79 Å². The maximum Gasteiger partial charge on any atom is 0.401 e. The fraction of sp³-hybridized carbons (Fsp3) is 0.889. The Morgan fingerprint density at radius 2 is 2.13 bits per heavy atom. The molecule has 6 heteroatoms. The zero-order valence-electron chi connectivity index (χ0n) is 8.55. The van der Waals surface area contributed by atoms with Crippen LogP contribution < -0.4 is 5.73 Å². The number of piperidine rings is 1. The molecular weight excluding hydrogens is 209 g/mol. The topological polar surface area (TPSA) is 46.3 Å².